The van der Waals surface area contributed by atoms with Crippen molar-refractivity contribution in [1.29, 1.82) is 0 Å². The highest BCUT2D eigenvalue weighted by Gasteiger charge is 1.98. The van der Waals surface area contributed by atoms with E-state index in [4.69, 9.17) is 17.0 Å². The maximum absolute atomic E-state index is 5.39. The molecule has 0 fully saturated rings. The molecule has 2 heteroatoms. The third kappa shape index (κ3) is 5.65. The number of aryl methyl sites for hydroxylation is 1. The van der Waals surface area contributed by atoms with Crippen LogP contribution in [0.15, 0.2) is 30.3 Å². The van der Waals surface area contributed by atoms with Crippen LogP contribution >= 0.6 is 12.2 Å². The van der Waals surface area contributed by atoms with E-state index in [0.29, 0.717) is 6.61 Å². The predicted octanol–water partition coefficient (Wildman–Crippen LogP) is 3.42. The van der Waals surface area contributed by atoms with E-state index in [1.807, 2.05) is 6.07 Å². The molecule has 0 amide bonds. The average molecular weight is 222 g/mol. The number of ether oxygens (including phenoxy) is 1. The first-order valence-electron chi connectivity index (χ1n) is 5.46. The largest absolute Gasteiger partial charge is 0.376 e. The lowest BCUT2D eigenvalue weighted by atomic mass is 10.1. The number of hydrogen-bond donors (Lipinski definition) is 0. The van der Waals surface area contributed by atoms with E-state index in [2.05, 4.69) is 31.2 Å². The van der Waals surface area contributed by atoms with E-state index in [9.17, 15) is 0 Å². The molecule has 0 heterocycles. The van der Waals surface area contributed by atoms with Gasteiger partial charge in [0.2, 0.25) is 0 Å². The molecule has 0 aliphatic rings. The van der Waals surface area contributed by atoms with Gasteiger partial charge in [-0.3, -0.25) is 0 Å². The number of thiocarbonyl (C=S) groups is 1. The van der Waals surface area contributed by atoms with Gasteiger partial charge in [-0.05, 0) is 24.8 Å². The molecule has 0 aliphatic carbocycles. The van der Waals surface area contributed by atoms with E-state index < -0.39 is 0 Å². The molecule has 1 rings (SSSR count). The van der Waals surface area contributed by atoms with Gasteiger partial charge in [-0.25, -0.2) is 0 Å². The summed E-state index contributed by atoms with van der Waals surface area (Å²) < 4.78 is 5.39. The fourth-order valence-corrected chi connectivity index (χ4v) is 1.52. The van der Waals surface area contributed by atoms with Crippen molar-refractivity contribution in [2.75, 3.05) is 13.2 Å². The molecule has 0 saturated heterocycles. The average Bonchev–Trinajstić information content (AvgIpc) is 2.28. The zero-order valence-corrected chi connectivity index (χ0v) is 10.1. The third-order valence-corrected chi connectivity index (χ3v) is 2.47. The van der Waals surface area contributed by atoms with Gasteiger partial charge >= 0.3 is 0 Å². The summed E-state index contributed by atoms with van der Waals surface area (Å²) in [6, 6.07) is 10.4. The topological polar surface area (TPSA) is 9.23 Å². The first kappa shape index (κ1) is 12.3. The van der Waals surface area contributed by atoms with Crippen LogP contribution in [0.2, 0.25) is 0 Å². The van der Waals surface area contributed by atoms with Crippen LogP contribution in [0.4, 0.5) is 0 Å². The van der Waals surface area contributed by atoms with Gasteiger partial charge in [-0.2, -0.15) is 0 Å². The Morgan fingerprint density at radius 3 is 2.67 bits per heavy atom. The Balaban J connectivity index is 2.17. The molecule has 0 unspecified atom stereocenters. The summed E-state index contributed by atoms with van der Waals surface area (Å²) in [6.07, 6.45) is 3.03. The SMILES string of the molecule is CCCOCC(=S)CCc1ccccc1. The molecular weight excluding hydrogens is 204 g/mol. The lowest BCUT2D eigenvalue weighted by molar-refractivity contribution is 0.172. The van der Waals surface area contributed by atoms with Crippen molar-refractivity contribution in [1.82, 2.24) is 0 Å². The zero-order valence-electron chi connectivity index (χ0n) is 9.24. The van der Waals surface area contributed by atoms with Crippen LogP contribution in [0.5, 0.6) is 0 Å². The molecule has 1 aromatic rings. The molecule has 1 aromatic carbocycles. The zero-order chi connectivity index (χ0) is 10.9. The second-order valence-electron chi connectivity index (χ2n) is 3.58. The molecule has 0 radical (unpaired) electrons. The molecule has 0 saturated carbocycles. The van der Waals surface area contributed by atoms with Gasteiger partial charge in [0.25, 0.3) is 0 Å². The van der Waals surface area contributed by atoms with Crippen LogP contribution in [0.1, 0.15) is 25.3 Å². The summed E-state index contributed by atoms with van der Waals surface area (Å²) in [4.78, 5) is 1.02. The Morgan fingerprint density at radius 1 is 1.27 bits per heavy atom. The van der Waals surface area contributed by atoms with Gasteiger partial charge in [0.05, 0.1) is 6.61 Å². The van der Waals surface area contributed by atoms with E-state index in [1.54, 1.807) is 0 Å². The number of hydrogen-bond acceptors (Lipinski definition) is 2. The van der Waals surface area contributed by atoms with Crippen LogP contribution in [0, 0.1) is 0 Å². The smallest absolute Gasteiger partial charge is 0.0779 e. The van der Waals surface area contributed by atoms with Crippen LogP contribution in [0.3, 0.4) is 0 Å². The lowest BCUT2D eigenvalue weighted by Gasteiger charge is -2.04. The van der Waals surface area contributed by atoms with E-state index >= 15 is 0 Å². The van der Waals surface area contributed by atoms with Crippen molar-refractivity contribution in [3.05, 3.63) is 35.9 Å². The second kappa shape index (κ2) is 7.55. The van der Waals surface area contributed by atoms with Crippen LogP contribution in [-0.2, 0) is 11.2 Å². The van der Waals surface area contributed by atoms with Crippen molar-refractivity contribution in [3.8, 4) is 0 Å². The fraction of sp³-hybridized carbons (Fsp3) is 0.462. The minimum Gasteiger partial charge on any atom is -0.376 e. The fourth-order valence-electron chi connectivity index (χ4n) is 1.33. The molecule has 82 valence electrons. The van der Waals surface area contributed by atoms with Crippen molar-refractivity contribution in [3.63, 3.8) is 0 Å². The van der Waals surface area contributed by atoms with Crippen molar-refractivity contribution in [2.24, 2.45) is 0 Å². The van der Waals surface area contributed by atoms with Crippen LogP contribution in [0.25, 0.3) is 0 Å². The van der Waals surface area contributed by atoms with Crippen LogP contribution < -0.4 is 0 Å². The minimum atomic E-state index is 0.635. The highest BCUT2D eigenvalue weighted by Crippen LogP contribution is 2.03. The maximum Gasteiger partial charge on any atom is 0.0779 e. The third-order valence-electron chi connectivity index (χ3n) is 2.15. The first-order valence-corrected chi connectivity index (χ1v) is 5.87. The number of benzene rings is 1. The number of rotatable bonds is 7. The molecule has 0 spiro atoms. The van der Waals surface area contributed by atoms with Crippen LogP contribution in [-0.4, -0.2) is 18.1 Å². The predicted molar refractivity (Wildman–Crippen MR) is 68.5 cm³/mol. The highest BCUT2D eigenvalue weighted by atomic mass is 32.1. The maximum atomic E-state index is 5.39. The summed E-state index contributed by atoms with van der Waals surface area (Å²) in [6.45, 7) is 3.55. The summed E-state index contributed by atoms with van der Waals surface area (Å²) in [5.74, 6) is 0. The molecule has 15 heavy (non-hydrogen) atoms. The van der Waals surface area contributed by atoms with Gasteiger partial charge in [0.15, 0.2) is 0 Å². The summed E-state index contributed by atoms with van der Waals surface area (Å²) in [5, 5.41) is 0. The molecular formula is C13H18OS. The van der Waals surface area contributed by atoms with E-state index in [0.717, 1.165) is 30.7 Å². The summed E-state index contributed by atoms with van der Waals surface area (Å²) >= 11 is 5.24. The summed E-state index contributed by atoms with van der Waals surface area (Å²) in [7, 11) is 0. The van der Waals surface area contributed by atoms with Crippen molar-refractivity contribution < 1.29 is 4.74 Å². The Labute approximate surface area is 97.5 Å². The second-order valence-corrected chi connectivity index (χ2v) is 4.15. The van der Waals surface area contributed by atoms with Crippen molar-refractivity contribution in [2.45, 2.75) is 26.2 Å². The highest BCUT2D eigenvalue weighted by molar-refractivity contribution is 7.80. The van der Waals surface area contributed by atoms with E-state index in [1.165, 1.54) is 5.56 Å². The molecule has 0 atom stereocenters. The lowest BCUT2D eigenvalue weighted by Crippen LogP contribution is -2.07. The Kier molecular flexibility index (Phi) is 6.21. The van der Waals surface area contributed by atoms with Gasteiger partial charge in [-0.1, -0.05) is 49.5 Å². The van der Waals surface area contributed by atoms with Gasteiger partial charge in [-0.15, -0.1) is 0 Å². The Hall–Kier alpha value is -0.730. The molecule has 0 bridgehead atoms. The monoisotopic (exact) mass is 222 g/mol. The normalized spacial score (nSPS) is 10.2. The Bertz CT molecular complexity index is 282. The van der Waals surface area contributed by atoms with Gasteiger partial charge in [0, 0.05) is 11.5 Å². The minimum absolute atomic E-state index is 0.635. The van der Waals surface area contributed by atoms with Gasteiger partial charge < -0.3 is 4.74 Å². The van der Waals surface area contributed by atoms with Crippen molar-refractivity contribution >= 4 is 17.1 Å². The van der Waals surface area contributed by atoms with Gasteiger partial charge in [0.1, 0.15) is 0 Å². The first-order chi connectivity index (χ1) is 7.33. The summed E-state index contributed by atoms with van der Waals surface area (Å²) in [5.41, 5.74) is 1.34. The molecule has 1 nitrogen and oxygen atoms in total. The standard InChI is InChI=1S/C13H18OS/c1-2-10-14-11-13(15)9-8-12-6-4-3-5-7-12/h3-7H,2,8-11H2,1H3. The molecule has 0 N–H and O–H groups in total. The quantitative estimate of drug-likeness (QED) is 0.516. The molecule has 0 aliphatic heterocycles. The Morgan fingerprint density at radius 2 is 2.00 bits per heavy atom. The van der Waals surface area contributed by atoms with E-state index in [-0.39, 0.29) is 0 Å². The molecule has 0 aromatic heterocycles.